The highest BCUT2D eigenvalue weighted by molar-refractivity contribution is 5.79. The van der Waals surface area contributed by atoms with Crippen LogP contribution in [0.3, 0.4) is 0 Å². The molecule has 3 aromatic carbocycles. The largest absolute Gasteiger partial charge is 0.352 e. The molecule has 0 saturated carbocycles. The fourth-order valence-corrected chi connectivity index (χ4v) is 4.29. The molecule has 154 valence electrons. The third-order valence-electron chi connectivity index (χ3n) is 5.83. The first kappa shape index (κ1) is 20.3. The van der Waals surface area contributed by atoms with Gasteiger partial charge >= 0.3 is 0 Å². The zero-order valence-electron chi connectivity index (χ0n) is 17.0. The quantitative estimate of drug-likeness (QED) is 0.645. The molecule has 2 unspecified atom stereocenters. The first-order valence-corrected chi connectivity index (χ1v) is 10.5. The Bertz CT molecular complexity index is 961. The molecule has 1 amide bonds. The molecule has 0 aromatic heterocycles. The van der Waals surface area contributed by atoms with E-state index in [0.717, 1.165) is 19.5 Å². The van der Waals surface area contributed by atoms with Crippen LogP contribution in [0, 0.1) is 11.7 Å². The topological polar surface area (TPSA) is 32.3 Å². The van der Waals surface area contributed by atoms with E-state index in [2.05, 4.69) is 46.6 Å². The standard InChI is InChI=1S/C26H27FN2O/c27-25-14-8-7-13-22(25)16-28-26(30)24-15-23(21-11-5-2-6-12-21)18-29(19-24)17-20-9-3-1-4-10-20/h1-14,23-24H,15-19H2,(H,28,30). The molecule has 4 heteroatoms. The van der Waals surface area contributed by atoms with E-state index in [1.54, 1.807) is 18.2 Å². The number of carbonyl (C=O) groups excluding carboxylic acids is 1. The Morgan fingerprint density at radius 3 is 2.30 bits per heavy atom. The molecule has 3 nitrogen and oxygen atoms in total. The summed E-state index contributed by atoms with van der Waals surface area (Å²) in [7, 11) is 0. The molecule has 1 N–H and O–H groups in total. The second kappa shape index (κ2) is 9.68. The molecule has 3 aromatic rings. The van der Waals surface area contributed by atoms with Crippen LogP contribution >= 0.6 is 0 Å². The molecular weight excluding hydrogens is 375 g/mol. The lowest BCUT2D eigenvalue weighted by atomic mass is 9.84. The van der Waals surface area contributed by atoms with Gasteiger partial charge in [0, 0.05) is 31.7 Å². The van der Waals surface area contributed by atoms with E-state index in [0.29, 0.717) is 18.0 Å². The van der Waals surface area contributed by atoms with Gasteiger partial charge < -0.3 is 5.32 Å². The van der Waals surface area contributed by atoms with E-state index in [4.69, 9.17) is 0 Å². The van der Waals surface area contributed by atoms with Gasteiger partial charge in [-0.1, -0.05) is 78.9 Å². The lowest BCUT2D eigenvalue weighted by Crippen LogP contribution is -2.45. The van der Waals surface area contributed by atoms with Gasteiger partial charge in [0.25, 0.3) is 0 Å². The van der Waals surface area contributed by atoms with Crippen LogP contribution in [-0.4, -0.2) is 23.9 Å². The number of hydrogen-bond acceptors (Lipinski definition) is 2. The van der Waals surface area contributed by atoms with Gasteiger partial charge in [0.15, 0.2) is 0 Å². The number of piperidine rings is 1. The van der Waals surface area contributed by atoms with E-state index in [1.165, 1.54) is 17.2 Å². The van der Waals surface area contributed by atoms with Crippen LogP contribution in [0.1, 0.15) is 29.0 Å². The Labute approximate surface area is 177 Å². The highest BCUT2D eigenvalue weighted by Crippen LogP contribution is 2.31. The molecule has 2 atom stereocenters. The van der Waals surface area contributed by atoms with Crippen LogP contribution in [-0.2, 0) is 17.9 Å². The van der Waals surface area contributed by atoms with E-state index >= 15 is 0 Å². The number of rotatable bonds is 6. The Balaban J connectivity index is 1.47. The molecule has 1 heterocycles. The van der Waals surface area contributed by atoms with Crippen molar-refractivity contribution in [2.75, 3.05) is 13.1 Å². The number of amides is 1. The zero-order chi connectivity index (χ0) is 20.8. The lowest BCUT2D eigenvalue weighted by Gasteiger charge is -2.37. The van der Waals surface area contributed by atoms with Crippen molar-refractivity contribution in [3.8, 4) is 0 Å². The van der Waals surface area contributed by atoms with Crippen molar-refractivity contribution in [2.24, 2.45) is 5.92 Å². The average molecular weight is 403 g/mol. The van der Waals surface area contributed by atoms with Crippen LogP contribution in [0.4, 0.5) is 4.39 Å². The zero-order valence-corrected chi connectivity index (χ0v) is 17.0. The van der Waals surface area contributed by atoms with E-state index in [1.807, 2.05) is 24.3 Å². The summed E-state index contributed by atoms with van der Waals surface area (Å²) in [5.74, 6) is -0.112. The Hall–Kier alpha value is -2.98. The number of nitrogens with zero attached hydrogens (tertiary/aromatic N) is 1. The molecule has 1 aliphatic rings. The summed E-state index contributed by atoms with van der Waals surface area (Å²) >= 11 is 0. The van der Waals surface area contributed by atoms with Gasteiger partial charge in [0.05, 0.1) is 5.92 Å². The number of hydrogen-bond donors (Lipinski definition) is 1. The lowest BCUT2D eigenvalue weighted by molar-refractivity contribution is -0.127. The first-order chi connectivity index (χ1) is 14.7. The van der Waals surface area contributed by atoms with Gasteiger partial charge in [-0.3, -0.25) is 9.69 Å². The molecule has 1 aliphatic heterocycles. The monoisotopic (exact) mass is 402 g/mol. The number of nitrogens with one attached hydrogen (secondary N) is 1. The Morgan fingerprint density at radius 2 is 1.57 bits per heavy atom. The number of benzene rings is 3. The van der Waals surface area contributed by atoms with Crippen LogP contribution in [0.5, 0.6) is 0 Å². The third kappa shape index (κ3) is 5.14. The number of carbonyl (C=O) groups is 1. The summed E-state index contributed by atoms with van der Waals surface area (Å²) < 4.78 is 13.9. The van der Waals surface area contributed by atoms with Gasteiger partial charge in [0.2, 0.25) is 5.91 Å². The maximum Gasteiger partial charge on any atom is 0.224 e. The predicted octanol–water partition coefficient (Wildman–Crippen LogP) is 4.75. The summed E-state index contributed by atoms with van der Waals surface area (Å²) in [6.45, 7) is 2.68. The molecule has 4 rings (SSSR count). The molecule has 0 bridgehead atoms. The fourth-order valence-electron chi connectivity index (χ4n) is 4.29. The fraction of sp³-hybridized carbons (Fsp3) is 0.269. The van der Waals surface area contributed by atoms with Crippen LogP contribution < -0.4 is 5.32 Å². The average Bonchev–Trinajstić information content (AvgIpc) is 2.79. The van der Waals surface area contributed by atoms with Crippen LogP contribution in [0.15, 0.2) is 84.9 Å². The highest BCUT2D eigenvalue weighted by atomic mass is 19.1. The molecule has 0 spiro atoms. The number of likely N-dealkylation sites (tertiary alicyclic amines) is 1. The van der Waals surface area contributed by atoms with E-state index < -0.39 is 0 Å². The Morgan fingerprint density at radius 1 is 0.900 bits per heavy atom. The maximum absolute atomic E-state index is 13.9. The van der Waals surface area contributed by atoms with Gasteiger partial charge in [-0.05, 0) is 29.5 Å². The molecular formula is C26H27FN2O. The number of halogens is 1. The minimum absolute atomic E-state index is 0.00283. The second-order valence-electron chi connectivity index (χ2n) is 8.03. The van der Waals surface area contributed by atoms with Gasteiger partial charge in [-0.2, -0.15) is 0 Å². The summed E-state index contributed by atoms with van der Waals surface area (Å²) in [6, 6.07) is 27.4. The predicted molar refractivity (Wildman–Crippen MR) is 117 cm³/mol. The van der Waals surface area contributed by atoms with Crippen molar-refractivity contribution < 1.29 is 9.18 Å². The summed E-state index contributed by atoms with van der Waals surface area (Å²) in [5.41, 5.74) is 3.03. The smallest absolute Gasteiger partial charge is 0.224 e. The van der Waals surface area contributed by atoms with Gasteiger partial charge in [-0.15, -0.1) is 0 Å². The van der Waals surface area contributed by atoms with Crippen molar-refractivity contribution in [1.29, 1.82) is 0 Å². The highest BCUT2D eigenvalue weighted by Gasteiger charge is 2.32. The van der Waals surface area contributed by atoms with Crippen LogP contribution in [0.2, 0.25) is 0 Å². The molecule has 30 heavy (non-hydrogen) atoms. The first-order valence-electron chi connectivity index (χ1n) is 10.5. The summed E-state index contributed by atoms with van der Waals surface area (Å²) in [4.78, 5) is 15.4. The summed E-state index contributed by atoms with van der Waals surface area (Å²) in [5, 5.41) is 2.96. The Kier molecular flexibility index (Phi) is 6.55. The van der Waals surface area contributed by atoms with E-state index in [9.17, 15) is 9.18 Å². The summed E-state index contributed by atoms with van der Waals surface area (Å²) in [6.07, 6.45) is 0.804. The van der Waals surface area contributed by atoms with Crippen molar-refractivity contribution in [1.82, 2.24) is 10.2 Å². The SMILES string of the molecule is O=C(NCc1ccccc1F)C1CC(c2ccccc2)CN(Cc2ccccc2)C1. The van der Waals surface area contributed by atoms with Crippen LogP contribution in [0.25, 0.3) is 0 Å². The second-order valence-corrected chi connectivity index (χ2v) is 8.03. The maximum atomic E-state index is 13.9. The molecule has 0 radical (unpaired) electrons. The van der Waals surface area contributed by atoms with Crippen molar-refractivity contribution in [2.45, 2.75) is 25.4 Å². The van der Waals surface area contributed by atoms with Crippen molar-refractivity contribution in [3.05, 3.63) is 107 Å². The van der Waals surface area contributed by atoms with Crippen molar-refractivity contribution in [3.63, 3.8) is 0 Å². The van der Waals surface area contributed by atoms with E-state index in [-0.39, 0.29) is 24.2 Å². The van der Waals surface area contributed by atoms with Crippen molar-refractivity contribution >= 4 is 5.91 Å². The third-order valence-corrected chi connectivity index (χ3v) is 5.83. The molecule has 0 aliphatic carbocycles. The minimum Gasteiger partial charge on any atom is -0.352 e. The molecule has 1 fully saturated rings. The normalized spacial score (nSPS) is 19.4. The van der Waals surface area contributed by atoms with Gasteiger partial charge in [0.1, 0.15) is 5.82 Å². The van der Waals surface area contributed by atoms with Gasteiger partial charge in [-0.25, -0.2) is 4.39 Å². The molecule has 1 saturated heterocycles. The minimum atomic E-state index is -0.283.